The van der Waals surface area contributed by atoms with E-state index in [1.165, 1.54) is 0 Å². The maximum Gasteiger partial charge on any atom is 0.189 e. The Hall–Kier alpha value is 0.157. The van der Waals surface area contributed by atoms with Crippen molar-refractivity contribution in [1.82, 2.24) is 4.90 Å². The Morgan fingerprint density at radius 3 is 2.22 bits per heavy atom. The van der Waals surface area contributed by atoms with Crippen molar-refractivity contribution >= 4 is 26.7 Å². The van der Waals surface area contributed by atoms with Crippen LogP contribution in [0.5, 0.6) is 0 Å². The Labute approximate surface area is 151 Å². The van der Waals surface area contributed by atoms with Crippen LogP contribution >= 0.6 is 12.6 Å². The van der Waals surface area contributed by atoms with Gasteiger partial charge in [0.25, 0.3) is 0 Å². The maximum atomic E-state index is 12.3. The number of Topliss-reactive ketones (excluding diaryl/α,β-unsaturated/α-hetero) is 1. The number of thiol groups is 1. The van der Waals surface area contributed by atoms with Gasteiger partial charge in [0.15, 0.2) is 8.32 Å². The molecule has 0 aromatic heterocycles. The second kappa shape index (κ2) is 11.7. The van der Waals surface area contributed by atoms with E-state index in [-0.39, 0.29) is 6.23 Å². The quantitative estimate of drug-likeness (QED) is 0.285. The summed E-state index contributed by atoms with van der Waals surface area (Å²) in [4.78, 5) is 14.6. The lowest BCUT2D eigenvalue weighted by atomic mass is 9.97. The van der Waals surface area contributed by atoms with E-state index < -0.39 is 8.32 Å². The molecule has 3 unspecified atom stereocenters. The molecule has 3 nitrogen and oxygen atoms in total. The van der Waals surface area contributed by atoms with E-state index in [1.807, 2.05) is 0 Å². The maximum absolute atomic E-state index is 12.3. The van der Waals surface area contributed by atoms with Crippen LogP contribution in [-0.2, 0) is 9.22 Å². The highest BCUT2D eigenvalue weighted by Crippen LogP contribution is 2.22. The molecular formula is C18H39NO2SSi. The third kappa shape index (κ3) is 9.90. The van der Waals surface area contributed by atoms with Crippen LogP contribution in [0.25, 0.3) is 0 Å². The summed E-state index contributed by atoms with van der Waals surface area (Å²) in [5, 5.41) is 0.341. The van der Waals surface area contributed by atoms with Crippen molar-refractivity contribution in [3.05, 3.63) is 0 Å². The van der Waals surface area contributed by atoms with Crippen molar-refractivity contribution < 1.29 is 9.22 Å². The van der Waals surface area contributed by atoms with Crippen LogP contribution in [0.4, 0.5) is 0 Å². The monoisotopic (exact) mass is 361 g/mol. The number of rotatable bonds is 13. The molecule has 3 atom stereocenters. The minimum absolute atomic E-state index is 0.145. The smallest absolute Gasteiger partial charge is 0.189 e. The van der Waals surface area contributed by atoms with Gasteiger partial charge in [-0.2, -0.15) is 12.6 Å². The fraction of sp³-hybridized carbons (Fsp3) is 0.944. The first-order valence-corrected chi connectivity index (χ1v) is 12.9. The zero-order valence-electron chi connectivity index (χ0n) is 16.4. The standard InChI is InChI=1S/C18H39NO2SSi/c1-8-11-18(22)15(4)14-17(20)12-13-23(6,7)21-16(5)19(9-2)10-3/h15-16,18,22H,8-14H2,1-7H3. The van der Waals surface area contributed by atoms with E-state index in [9.17, 15) is 4.79 Å². The first kappa shape index (κ1) is 23.2. The Kier molecular flexibility index (Phi) is 11.7. The molecule has 0 saturated carbocycles. The van der Waals surface area contributed by atoms with Gasteiger partial charge in [0.1, 0.15) is 5.78 Å². The van der Waals surface area contributed by atoms with E-state index in [4.69, 9.17) is 4.43 Å². The summed E-state index contributed by atoms with van der Waals surface area (Å²) in [5.74, 6) is 0.735. The molecule has 0 fully saturated rings. The molecule has 0 aliphatic carbocycles. The highest BCUT2D eigenvalue weighted by molar-refractivity contribution is 7.81. The number of hydrogen-bond acceptors (Lipinski definition) is 4. The van der Waals surface area contributed by atoms with Crippen LogP contribution in [0.15, 0.2) is 0 Å². The van der Waals surface area contributed by atoms with Gasteiger partial charge in [-0.3, -0.25) is 9.69 Å². The highest BCUT2D eigenvalue weighted by Gasteiger charge is 2.28. The molecule has 0 saturated heterocycles. The molecule has 0 radical (unpaired) electrons. The molecular weight excluding hydrogens is 322 g/mol. The molecule has 138 valence electrons. The molecule has 0 spiro atoms. The average Bonchev–Trinajstić information content (AvgIpc) is 2.46. The van der Waals surface area contributed by atoms with Crippen LogP contribution in [0, 0.1) is 5.92 Å². The van der Waals surface area contributed by atoms with E-state index in [2.05, 4.69) is 65.2 Å². The fourth-order valence-electron chi connectivity index (χ4n) is 2.95. The van der Waals surface area contributed by atoms with Crippen molar-refractivity contribution in [3.63, 3.8) is 0 Å². The van der Waals surface area contributed by atoms with Crippen molar-refractivity contribution in [2.24, 2.45) is 5.92 Å². The normalized spacial score (nSPS) is 16.4. The minimum atomic E-state index is -1.80. The largest absolute Gasteiger partial charge is 0.402 e. The third-order valence-corrected chi connectivity index (χ3v) is 7.81. The van der Waals surface area contributed by atoms with E-state index >= 15 is 0 Å². The number of nitrogens with zero attached hydrogens (tertiary/aromatic N) is 1. The first-order chi connectivity index (χ1) is 10.7. The van der Waals surface area contributed by atoms with Gasteiger partial charge in [-0.15, -0.1) is 0 Å². The van der Waals surface area contributed by atoms with Gasteiger partial charge >= 0.3 is 0 Å². The summed E-state index contributed by atoms with van der Waals surface area (Å²) in [7, 11) is -1.80. The number of carbonyl (C=O) groups excluding carboxylic acids is 1. The molecule has 0 amide bonds. The predicted molar refractivity (Wildman–Crippen MR) is 107 cm³/mol. The summed E-state index contributed by atoms with van der Waals surface area (Å²) < 4.78 is 6.32. The molecule has 0 aromatic rings. The summed E-state index contributed by atoms with van der Waals surface area (Å²) in [5.41, 5.74) is 0. The molecule has 0 aliphatic heterocycles. The topological polar surface area (TPSA) is 29.5 Å². The van der Waals surface area contributed by atoms with Gasteiger partial charge in [0.05, 0.1) is 6.23 Å². The summed E-state index contributed by atoms with van der Waals surface area (Å²) in [6.07, 6.45) is 3.67. The van der Waals surface area contributed by atoms with Gasteiger partial charge in [0, 0.05) is 18.1 Å². The summed E-state index contributed by atoms with van der Waals surface area (Å²) in [6.45, 7) is 17.2. The van der Waals surface area contributed by atoms with Crippen LogP contribution in [0.2, 0.25) is 19.1 Å². The third-order valence-electron chi connectivity index (χ3n) is 4.61. The molecule has 0 heterocycles. The Bertz CT molecular complexity index is 335. The summed E-state index contributed by atoms with van der Waals surface area (Å²) >= 11 is 4.62. The van der Waals surface area contributed by atoms with Crippen molar-refractivity contribution in [3.8, 4) is 0 Å². The van der Waals surface area contributed by atoms with Gasteiger partial charge in [-0.25, -0.2) is 0 Å². The zero-order chi connectivity index (χ0) is 18.0. The van der Waals surface area contributed by atoms with Crippen LogP contribution in [-0.4, -0.2) is 43.6 Å². The number of ketones is 1. The fourth-order valence-corrected chi connectivity index (χ4v) is 5.39. The van der Waals surface area contributed by atoms with Crippen molar-refractivity contribution in [1.29, 1.82) is 0 Å². The molecule has 0 aromatic carbocycles. The van der Waals surface area contributed by atoms with Crippen molar-refractivity contribution in [2.75, 3.05) is 13.1 Å². The van der Waals surface area contributed by atoms with Gasteiger partial charge in [-0.1, -0.05) is 34.1 Å². The second-order valence-corrected chi connectivity index (χ2v) is 12.2. The van der Waals surface area contributed by atoms with Crippen LogP contribution in [0.1, 0.15) is 60.3 Å². The number of carbonyl (C=O) groups is 1. The Morgan fingerprint density at radius 2 is 1.74 bits per heavy atom. The lowest BCUT2D eigenvalue weighted by Crippen LogP contribution is -2.43. The van der Waals surface area contributed by atoms with Gasteiger partial charge < -0.3 is 4.43 Å². The SMILES string of the molecule is CCCC(S)C(C)CC(=O)CC[Si](C)(C)OC(C)N(CC)CC. The average molecular weight is 362 g/mol. The van der Waals surface area contributed by atoms with Crippen molar-refractivity contribution in [2.45, 2.75) is 90.9 Å². The van der Waals surface area contributed by atoms with E-state index in [0.717, 1.165) is 32.0 Å². The van der Waals surface area contributed by atoms with Crippen LogP contribution in [0.3, 0.4) is 0 Å². The highest BCUT2D eigenvalue weighted by atomic mass is 32.1. The van der Waals surface area contributed by atoms with E-state index in [0.29, 0.717) is 29.8 Å². The molecule has 0 rings (SSSR count). The molecule has 0 N–H and O–H groups in total. The second-order valence-electron chi connectivity index (χ2n) is 7.27. The molecule has 23 heavy (non-hydrogen) atoms. The lowest BCUT2D eigenvalue weighted by molar-refractivity contribution is -0.119. The Balaban J connectivity index is 4.28. The molecule has 5 heteroatoms. The molecule has 0 bridgehead atoms. The molecule has 0 aliphatic rings. The predicted octanol–water partition coefficient (Wildman–Crippen LogP) is 4.98. The first-order valence-electron chi connectivity index (χ1n) is 9.28. The Morgan fingerprint density at radius 1 is 1.17 bits per heavy atom. The number of hydrogen-bond donors (Lipinski definition) is 1. The summed E-state index contributed by atoms with van der Waals surface area (Å²) in [6, 6.07) is 0.912. The van der Waals surface area contributed by atoms with Crippen LogP contribution < -0.4 is 0 Å². The van der Waals surface area contributed by atoms with Gasteiger partial charge in [-0.05, 0) is 51.5 Å². The van der Waals surface area contributed by atoms with E-state index in [1.54, 1.807) is 0 Å². The lowest BCUT2D eigenvalue weighted by Gasteiger charge is -2.33. The van der Waals surface area contributed by atoms with Gasteiger partial charge in [0.2, 0.25) is 0 Å². The zero-order valence-corrected chi connectivity index (χ0v) is 18.3. The minimum Gasteiger partial charge on any atom is -0.402 e.